The second-order valence-electron chi connectivity index (χ2n) is 9.90. The smallest absolute Gasteiger partial charge is 0.260 e. The predicted molar refractivity (Wildman–Crippen MR) is 129 cm³/mol. The maximum atomic E-state index is 13.4. The van der Waals surface area contributed by atoms with Crippen molar-refractivity contribution in [3.8, 4) is 0 Å². The van der Waals surface area contributed by atoms with E-state index in [2.05, 4.69) is 10.3 Å². The van der Waals surface area contributed by atoms with Crippen LogP contribution in [0.1, 0.15) is 57.3 Å². The number of hydrogen-bond acceptors (Lipinski definition) is 6. The van der Waals surface area contributed by atoms with E-state index in [4.69, 9.17) is 0 Å². The number of aromatic nitrogens is 1. The summed E-state index contributed by atoms with van der Waals surface area (Å²) < 4.78 is 0. The number of nitrogens with one attached hydrogen (secondary N) is 2. The molecular formula is C24H37N5O6. The second kappa shape index (κ2) is 12.5. The average molecular weight is 492 g/mol. The van der Waals surface area contributed by atoms with Gasteiger partial charge in [-0.25, -0.2) is 5.06 Å². The maximum absolute atomic E-state index is 13.4. The fourth-order valence-electron chi connectivity index (χ4n) is 4.01. The Kier molecular flexibility index (Phi) is 10.00. The van der Waals surface area contributed by atoms with Gasteiger partial charge in [0.2, 0.25) is 18.2 Å². The van der Waals surface area contributed by atoms with Gasteiger partial charge in [0.1, 0.15) is 11.6 Å². The number of rotatable bonds is 10. The van der Waals surface area contributed by atoms with Crippen LogP contribution in [-0.4, -0.2) is 88.0 Å². The summed E-state index contributed by atoms with van der Waals surface area (Å²) in [5, 5.41) is 12.9. The van der Waals surface area contributed by atoms with E-state index in [1.54, 1.807) is 11.0 Å². The maximum Gasteiger partial charge on any atom is 0.260 e. The van der Waals surface area contributed by atoms with Crippen LogP contribution in [0, 0.1) is 11.3 Å². The molecule has 0 unspecified atom stereocenters. The van der Waals surface area contributed by atoms with Gasteiger partial charge in [0.25, 0.3) is 11.5 Å². The molecule has 11 nitrogen and oxygen atoms in total. The molecule has 0 aliphatic carbocycles. The minimum Gasteiger partial charge on any atom is -0.344 e. The average Bonchev–Trinajstić information content (AvgIpc) is 2.83. The predicted octanol–water partition coefficient (Wildman–Crippen LogP) is 0.844. The number of amides is 4. The molecular weight excluding hydrogens is 454 g/mol. The van der Waals surface area contributed by atoms with Crippen LogP contribution in [0.5, 0.6) is 0 Å². The molecule has 1 aliphatic rings. The molecule has 1 aromatic heterocycles. The number of hydrogen-bond donors (Lipinski definition) is 3. The Morgan fingerprint density at radius 2 is 1.83 bits per heavy atom. The second-order valence-corrected chi connectivity index (χ2v) is 9.90. The number of carbonyl (C=O) groups is 4. The third kappa shape index (κ3) is 7.64. The van der Waals surface area contributed by atoms with E-state index < -0.39 is 28.8 Å². The summed E-state index contributed by atoms with van der Waals surface area (Å²) in [6.45, 7) is 8.44. The number of piperazine rings is 1. The van der Waals surface area contributed by atoms with E-state index in [-0.39, 0.29) is 56.5 Å². The number of H-pyrrole nitrogens is 1. The van der Waals surface area contributed by atoms with Crippen molar-refractivity contribution >= 4 is 24.1 Å². The summed E-state index contributed by atoms with van der Waals surface area (Å²) in [6.07, 6.45) is 3.76. The molecule has 1 saturated heterocycles. The molecule has 194 valence electrons. The molecule has 4 amide bonds. The van der Waals surface area contributed by atoms with Crippen LogP contribution in [-0.2, 0) is 14.4 Å². The van der Waals surface area contributed by atoms with Gasteiger partial charge in [-0.3, -0.25) is 29.2 Å². The van der Waals surface area contributed by atoms with Gasteiger partial charge >= 0.3 is 0 Å². The highest BCUT2D eigenvalue weighted by Gasteiger charge is 2.38. The Morgan fingerprint density at radius 1 is 1.20 bits per heavy atom. The van der Waals surface area contributed by atoms with Crippen molar-refractivity contribution in [1.29, 1.82) is 0 Å². The number of nitrogens with zero attached hydrogens (tertiary/aromatic N) is 3. The molecule has 2 heterocycles. The van der Waals surface area contributed by atoms with E-state index in [0.717, 1.165) is 12.8 Å². The molecule has 2 atom stereocenters. The molecule has 2 rings (SSSR count). The monoisotopic (exact) mass is 491 g/mol. The highest BCUT2D eigenvalue weighted by Crippen LogP contribution is 2.23. The van der Waals surface area contributed by atoms with Crippen molar-refractivity contribution < 1.29 is 24.4 Å². The number of aromatic amines is 1. The molecule has 0 saturated carbocycles. The molecule has 1 fully saturated rings. The number of carbonyl (C=O) groups excluding carboxylic acids is 4. The van der Waals surface area contributed by atoms with Crippen molar-refractivity contribution in [3.63, 3.8) is 0 Å². The highest BCUT2D eigenvalue weighted by molar-refractivity contribution is 5.94. The molecule has 3 N–H and O–H groups in total. The third-order valence-electron chi connectivity index (χ3n) is 6.13. The van der Waals surface area contributed by atoms with Crippen molar-refractivity contribution in [2.45, 2.75) is 53.0 Å². The molecule has 11 heteroatoms. The molecule has 35 heavy (non-hydrogen) atoms. The Labute approximate surface area is 205 Å². The van der Waals surface area contributed by atoms with E-state index >= 15 is 0 Å². The minimum absolute atomic E-state index is 0.0541. The molecule has 0 aromatic carbocycles. The Hall–Kier alpha value is -3.21. The Morgan fingerprint density at radius 3 is 2.37 bits per heavy atom. The number of pyridine rings is 1. The third-order valence-corrected chi connectivity index (χ3v) is 6.13. The first-order valence-corrected chi connectivity index (χ1v) is 12.0. The summed E-state index contributed by atoms with van der Waals surface area (Å²) >= 11 is 0. The fourth-order valence-corrected chi connectivity index (χ4v) is 4.01. The van der Waals surface area contributed by atoms with Gasteiger partial charge in [-0.15, -0.1) is 0 Å². The van der Waals surface area contributed by atoms with Gasteiger partial charge in [-0.2, -0.15) is 0 Å². The minimum atomic E-state index is -0.832. The number of hydroxylamine groups is 2. The summed E-state index contributed by atoms with van der Waals surface area (Å²) in [4.78, 5) is 67.6. The lowest BCUT2D eigenvalue weighted by atomic mass is 9.85. The lowest BCUT2D eigenvalue weighted by Gasteiger charge is -2.40. The van der Waals surface area contributed by atoms with E-state index in [1.165, 1.54) is 17.2 Å². The van der Waals surface area contributed by atoms with Crippen molar-refractivity contribution in [3.05, 3.63) is 34.2 Å². The molecule has 1 aliphatic heterocycles. The fraction of sp³-hybridized carbons (Fsp3) is 0.625. The highest BCUT2D eigenvalue weighted by atomic mass is 16.5. The Balaban J connectivity index is 2.08. The zero-order valence-electron chi connectivity index (χ0n) is 21.0. The van der Waals surface area contributed by atoms with Gasteiger partial charge in [-0.05, 0) is 24.0 Å². The summed E-state index contributed by atoms with van der Waals surface area (Å²) in [5.74, 6) is -1.70. The standard InChI is InChI=1S/C24H37N5O6/c1-5-6-8-17(15-29(35)16-30)20(31)26-19(24(2,3)4)23(34)28-13-11-27(12-14-28)22(33)18-9-7-10-25-21(18)32/h7,9-10,16-17,19,35H,5-6,8,11-15H2,1-4H3,(H,25,32)(H,26,31)/t17-,19-/m1/s1. The Bertz CT molecular complexity index is 948. The van der Waals surface area contributed by atoms with Crippen LogP contribution in [0.3, 0.4) is 0 Å². The van der Waals surface area contributed by atoms with E-state index in [1.807, 2.05) is 27.7 Å². The zero-order chi connectivity index (χ0) is 26.2. The van der Waals surface area contributed by atoms with E-state index in [9.17, 15) is 29.2 Å². The topological polar surface area (TPSA) is 143 Å². The SMILES string of the molecule is CCCC[C@H](CN(O)C=O)C(=O)N[C@H](C(=O)N1CCN(C(=O)c2ccc[nH]c2=O)CC1)C(C)(C)C. The van der Waals surface area contributed by atoms with Crippen LogP contribution in [0.4, 0.5) is 0 Å². The molecule has 0 spiro atoms. The first-order valence-electron chi connectivity index (χ1n) is 12.0. The van der Waals surface area contributed by atoms with Gasteiger partial charge in [0.15, 0.2) is 0 Å². The molecule has 0 radical (unpaired) electrons. The normalized spacial score (nSPS) is 15.8. The summed E-state index contributed by atoms with van der Waals surface area (Å²) in [5.41, 5.74) is -1.01. The van der Waals surface area contributed by atoms with Crippen LogP contribution < -0.4 is 10.9 Å². The van der Waals surface area contributed by atoms with Crippen molar-refractivity contribution in [2.24, 2.45) is 11.3 Å². The molecule has 0 bridgehead atoms. The van der Waals surface area contributed by atoms with Gasteiger partial charge in [0.05, 0.1) is 12.5 Å². The number of unbranched alkanes of at least 4 members (excludes halogenated alkanes) is 1. The van der Waals surface area contributed by atoms with Crippen molar-refractivity contribution in [1.82, 2.24) is 25.2 Å². The van der Waals surface area contributed by atoms with Gasteiger partial charge in [0, 0.05) is 32.4 Å². The lowest BCUT2D eigenvalue weighted by Crippen LogP contribution is -2.60. The van der Waals surface area contributed by atoms with Crippen LogP contribution >= 0.6 is 0 Å². The first kappa shape index (κ1) is 28.0. The van der Waals surface area contributed by atoms with Gasteiger partial charge in [-0.1, -0.05) is 40.5 Å². The van der Waals surface area contributed by atoms with Crippen LogP contribution in [0.2, 0.25) is 0 Å². The van der Waals surface area contributed by atoms with Crippen molar-refractivity contribution in [2.75, 3.05) is 32.7 Å². The summed E-state index contributed by atoms with van der Waals surface area (Å²) in [7, 11) is 0. The van der Waals surface area contributed by atoms with E-state index in [0.29, 0.717) is 11.5 Å². The largest absolute Gasteiger partial charge is 0.344 e. The zero-order valence-corrected chi connectivity index (χ0v) is 21.0. The van der Waals surface area contributed by atoms with Crippen LogP contribution in [0.15, 0.2) is 23.1 Å². The quantitative estimate of drug-likeness (QED) is 0.251. The lowest BCUT2D eigenvalue weighted by molar-refractivity contribution is -0.155. The molecule has 1 aromatic rings. The van der Waals surface area contributed by atoms with Gasteiger partial charge < -0.3 is 20.1 Å². The summed E-state index contributed by atoms with van der Waals surface area (Å²) in [6, 6.07) is 2.22. The first-order chi connectivity index (χ1) is 16.5. The van der Waals surface area contributed by atoms with Crippen LogP contribution in [0.25, 0.3) is 0 Å².